The average molecular weight is 365 g/mol. The maximum atomic E-state index is 12.3. The Bertz CT molecular complexity index is 965. The molecule has 1 amide bonds. The van der Waals surface area contributed by atoms with Crippen LogP contribution in [0, 0.1) is 6.92 Å². The number of carbonyl (C=O) groups is 2. The Kier molecular flexibility index (Phi) is 5.61. The van der Waals surface area contributed by atoms with Crippen LogP contribution in [0.1, 0.15) is 28.7 Å². The van der Waals surface area contributed by atoms with Crippen molar-refractivity contribution in [3.63, 3.8) is 0 Å². The Hall–Kier alpha value is -3.48. The first-order valence-electron chi connectivity index (χ1n) is 8.53. The molecule has 0 bridgehead atoms. The molecule has 0 aliphatic carbocycles. The first kappa shape index (κ1) is 18.3. The van der Waals surface area contributed by atoms with Crippen LogP contribution in [0.25, 0.3) is 11.4 Å². The number of benzene rings is 2. The smallest absolute Gasteiger partial charge is 0.340 e. The third kappa shape index (κ3) is 4.38. The van der Waals surface area contributed by atoms with Crippen LogP contribution in [0.15, 0.2) is 53.1 Å². The van der Waals surface area contributed by atoms with Crippen LogP contribution in [0.2, 0.25) is 0 Å². The van der Waals surface area contributed by atoms with E-state index in [1.54, 1.807) is 31.2 Å². The van der Waals surface area contributed by atoms with Crippen LogP contribution in [0.3, 0.4) is 0 Å². The monoisotopic (exact) mass is 365 g/mol. The number of para-hydroxylation sites is 1. The van der Waals surface area contributed by atoms with Crippen LogP contribution >= 0.6 is 0 Å². The molecule has 0 aliphatic heterocycles. The zero-order chi connectivity index (χ0) is 19.2. The molecule has 3 aromatic rings. The molecule has 0 spiro atoms. The number of esters is 1. The van der Waals surface area contributed by atoms with Crippen LogP contribution in [-0.4, -0.2) is 28.6 Å². The number of rotatable bonds is 6. The van der Waals surface area contributed by atoms with E-state index in [4.69, 9.17) is 9.26 Å². The zero-order valence-electron chi connectivity index (χ0n) is 15.1. The number of ether oxygens (including phenoxy) is 1. The molecule has 0 fully saturated rings. The van der Waals surface area contributed by atoms with E-state index in [2.05, 4.69) is 15.5 Å². The molecular formula is C20H19N3O4. The second kappa shape index (κ2) is 8.27. The summed E-state index contributed by atoms with van der Waals surface area (Å²) < 4.78 is 10.2. The molecule has 0 radical (unpaired) electrons. The predicted molar refractivity (Wildman–Crippen MR) is 99.2 cm³/mol. The molecule has 0 saturated carbocycles. The highest BCUT2D eigenvalue weighted by atomic mass is 16.5. The summed E-state index contributed by atoms with van der Waals surface area (Å²) in [6.45, 7) is 3.93. The molecule has 27 heavy (non-hydrogen) atoms. The number of amides is 1. The maximum absolute atomic E-state index is 12.3. The van der Waals surface area contributed by atoms with Crippen molar-refractivity contribution in [1.82, 2.24) is 10.1 Å². The van der Waals surface area contributed by atoms with E-state index >= 15 is 0 Å². The Labute approximate surface area is 156 Å². The highest BCUT2D eigenvalue weighted by molar-refractivity contribution is 6.01. The number of carbonyl (C=O) groups excluding carboxylic acids is 2. The number of aryl methyl sites for hydroxylation is 1. The Morgan fingerprint density at radius 2 is 1.85 bits per heavy atom. The van der Waals surface area contributed by atoms with E-state index in [1.807, 2.05) is 31.2 Å². The fourth-order valence-corrected chi connectivity index (χ4v) is 2.57. The van der Waals surface area contributed by atoms with Crippen molar-refractivity contribution in [2.75, 3.05) is 11.9 Å². The Balaban J connectivity index is 1.71. The third-order valence-electron chi connectivity index (χ3n) is 3.86. The summed E-state index contributed by atoms with van der Waals surface area (Å²) in [4.78, 5) is 28.6. The van der Waals surface area contributed by atoms with Crippen molar-refractivity contribution in [2.45, 2.75) is 20.3 Å². The number of nitrogens with one attached hydrogen (secondary N) is 1. The number of nitrogens with zero attached hydrogens (tertiary/aromatic N) is 2. The van der Waals surface area contributed by atoms with E-state index in [9.17, 15) is 9.59 Å². The quantitative estimate of drug-likeness (QED) is 0.673. The summed E-state index contributed by atoms with van der Waals surface area (Å²) in [5, 5.41) is 6.63. The van der Waals surface area contributed by atoms with Gasteiger partial charge in [0.05, 0.1) is 17.9 Å². The molecule has 1 heterocycles. The molecule has 7 heteroatoms. The van der Waals surface area contributed by atoms with Gasteiger partial charge in [-0.25, -0.2) is 4.79 Å². The van der Waals surface area contributed by atoms with Gasteiger partial charge < -0.3 is 14.6 Å². The third-order valence-corrected chi connectivity index (χ3v) is 3.86. The van der Waals surface area contributed by atoms with Gasteiger partial charge in [-0.3, -0.25) is 4.79 Å². The van der Waals surface area contributed by atoms with Crippen molar-refractivity contribution in [2.24, 2.45) is 0 Å². The van der Waals surface area contributed by atoms with E-state index < -0.39 is 5.97 Å². The standard InChI is InChI=1S/C20H19N3O4/c1-3-26-20(25)15-10-6-7-11-16(15)21-17(24)12-18-22-19(23-27-18)14-9-5-4-8-13(14)2/h4-11H,3,12H2,1-2H3,(H,21,24). The average Bonchev–Trinajstić information content (AvgIpc) is 3.10. The lowest BCUT2D eigenvalue weighted by Gasteiger charge is -2.09. The van der Waals surface area contributed by atoms with Gasteiger partial charge in [0.1, 0.15) is 6.42 Å². The first-order chi connectivity index (χ1) is 13.1. The molecular weight excluding hydrogens is 346 g/mol. The van der Waals surface area contributed by atoms with Gasteiger partial charge in [0.2, 0.25) is 17.6 Å². The zero-order valence-corrected chi connectivity index (χ0v) is 15.1. The summed E-state index contributed by atoms with van der Waals surface area (Å²) in [6.07, 6.45) is -0.101. The number of hydrogen-bond acceptors (Lipinski definition) is 6. The summed E-state index contributed by atoms with van der Waals surface area (Å²) in [7, 11) is 0. The number of hydrogen-bond donors (Lipinski definition) is 1. The van der Waals surface area contributed by atoms with Gasteiger partial charge in [0.25, 0.3) is 0 Å². The number of aromatic nitrogens is 2. The molecule has 2 aromatic carbocycles. The lowest BCUT2D eigenvalue weighted by atomic mass is 10.1. The molecule has 0 atom stereocenters. The summed E-state index contributed by atoms with van der Waals surface area (Å²) in [5.74, 6) is -0.234. The molecule has 1 aromatic heterocycles. The van der Waals surface area contributed by atoms with E-state index in [-0.39, 0.29) is 24.8 Å². The largest absolute Gasteiger partial charge is 0.462 e. The fraction of sp³-hybridized carbons (Fsp3) is 0.200. The molecule has 138 valence electrons. The van der Waals surface area contributed by atoms with Crippen molar-refractivity contribution in [3.8, 4) is 11.4 Å². The summed E-state index contributed by atoms with van der Waals surface area (Å²) >= 11 is 0. The fourth-order valence-electron chi connectivity index (χ4n) is 2.57. The highest BCUT2D eigenvalue weighted by Gasteiger charge is 2.17. The lowest BCUT2D eigenvalue weighted by Crippen LogP contribution is -2.17. The Morgan fingerprint density at radius 1 is 1.11 bits per heavy atom. The van der Waals surface area contributed by atoms with Gasteiger partial charge >= 0.3 is 5.97 Å². The first-order valence-corrected chi connectivity index (χ1v) is 8.53. The van der Waals surface area contributed by atoms with Crippen molar-refractivity contribution in [3.05, 3.63) is 65.5 Å². The van der Waals surface area contributed by atoms with E-state index in [0.29, 0.717) is 17.1 Å². The summed E-state index contributed by atoms with van der Waals surface area (Å²) in [6, 6.07) is 14.3. The maximum Gasteiger partial charge on any atom is 0.340 e. The van der Waals surface area contributed by atoms with Gasteiger partial charge in [0, 0.05) is 5.56 Å². The SMILES string of the molecule is CCOC(=O)c1ccccc1NC(=O)Cc1nc(-c2ccccc2C)no1. The van der Waals surface area contributed by atoms with Crippen molar-refractivity contribution >= 4 is 17.6 Å². The van der Waals surface area contributed by atoms with E-state index in [1.165, 1.54) is 0 Å². The molecule has 1 N–H and O–H groups in total. The summed E-state index contributed by atoms with van der Waals surface area (Å²) in [5.41, 5.74) is 2.52. The second-order valence-electron chi connectivity index (χ2n) is 5.82. The molecule has 7 nitrogen and oxygen atoms in total. The van der Waals surface area contributed by atoms with Gasteiger partial charge in [-0.15, -0.1) is 0 Å². The van der Waals surface area contributed by atoms with Crippen molar-refractivity contribution in [1.29, 1.82) is 0 Å². The van der Waals surface area contributed by atoms with Gasteiger partial charge in [-0.05, 0) is 31.5 Å². The normalized spacial score (nSPS) is 10.4. The van der Waals surface area contributed by atoms with E-state index in [0.717, 1.165) is 11.1 Å². The van der Waals surface area contributed by atoms with Gasteiger partial charge in [0.15, 0.2) is 0 Å². The van der Waals surface area contributed by atoms with Gasteiger partial charge in [-0.1, -0.05) is 41.6 Å². The van der Waals surface area contributed by atoms with Crippen molar-refractivity contribution < 1.29 is 18.8 Å². The minimum absolute atomic E-state index is 0.101. The van der Waals surface area contributed by atoms with Crippen LogP contribution in [-0.2, 0) is 16.0 Å². The molecule has 0 aliphatic rings. The minimum Gasteiger partial charge on any atom is -0.462 e. The number of anilines is 1. The second-order valence-corrected chi connectivity index (χ2v) is 5.82. The van der Waals surface area contributed by atoms with Gasteiger partial charge in [-0.2, -0.15) is 4.98 Å². The molecule has 0 unspecified atom stereocenters. The molecule has 0 saturated heterocycles. The van der Waals surface area contributed by atoms with Crippen LogP contribution in [0.4, 0.5) is 5.69 Å². The predicted octanol–water partition coefficient (Wildman–Crippen LogP) is 3.40. The topological polar surface area (TPSA) is 94.3 Å². The highest BCUT2D eigenvalue weighted by Crippen LogP contribution is 2.20. The van der Waals surface area contributed by atoms with Crippen LogP contribution in [0.5, 0.6) is 0 Å². The lowest BCUT2D eigenvalue weighted by molar-refractivity contribution is -0.115. The van der Waals surface area contributed by atoms with Crippen LogP contribution < -0.4 is 5.32 Å². The minimum atomic E-state index is -0.493. The Morgan fingerprint density at radius 3 is 2.63 bits per heavy atom. The molecule has 3 rings (SSSR count).